The second-order valence-electron chi connectivity index (χ2n) is 2.14. The summed E-state index contributed by atoms with van der Waals surface area (Å²) in [5.74, 6) is 0. The predicted octanol–water partition coefficient (Wildman–Crippen LogP) is 3.45. The molecule has 2 heteroatoms. The summed E-state index contributed by atoms with van der Waals surface area (Å²) in [6.07, 6.45) is 5.12. The van der Waals surface area contributed by atoms with Crippen molar-refractivity contribution in [1.29, 1.82) is 0 Å². The summed E-state index contributed by atoms with van der Waals surface area (Å²) in [5, 5.41) is 0. The molecule has 0 atom stereocenters. The molecular weight excluding hydrogens is 192 g/mol. The number of allylic oxidation sites excluding steroid dienone is 1. The molecule has 0 aliphatic heterocycles. The number of hydrogen-bond donors (Lipinski definition) is 0. The topological polar surface area (TPSA) is 9.23 Å². The number of halogens is 1. The van der Waals surface area contributed by atoms with Gasteiger partial charge in [-0.3, -0.25) is 0 Å². The molecule has 0 saturated heterocycles. The van der Waals surface area contributed by atoms with Crippen LogP contribution in [0, 0.1) is 0 Å². The van der Waals surface area contributed by atoms with E-state index in [0.29, 0.717) is 0 Å². The quantitative estimate of drug-likeness (QED) is 0.495. The minimum atomic E-state index is 0.839. The molecule has 0 rings (SSSR count). The van der Waals surface area contributed by atoms with E-state index in [9.17, 15) is 0 Å². The fraction of sp³-hybridized carbons (Fsp3) is 0.750. The normalized spacial score (nSPS) is 11.7. The molecule has 0 saturated carbocycles. The van der Waals surface area contributed by atoms with E-state index in [-0.39, 0.29) is 0 Å². The third kappa shape index (κ3) is 6.14. The highest BCUT2D eigenvalue weighted by Crippen LogP contribution is 2.08. The van der Waals surface area contributed by atoms with E-state index in [0.717, 1.165) is 23.9 Å². The van der Waals surface area contributed by atoms with Gasteiger partial charge in [-0.2, -0.15) is 0 Å². The van der Waals surface area contributed by atoms with Crippen molar-refractivity contribution in [3.63, 3.8) is 0 Å². The standard InChI is InChI=1S/C8H15BrO/c1-3-5-6-10-7-8(9)4-2/h7H,3-6H2,1-2H3/b8-7-. The second-order valence-corrected chi connectivity index (χ2v) is 3.16. The third-order valence-corrected chi connectivity index (χ3v) is 1.91. The zero-order chi connectivity index (χ0) is 7.82. The highest BCUT2D eigenvalue weighted by molar-refractivity contribution is 9.11. The molecule has 0 bridgehead atoms. The average Bonchev–Trinajstić information content (AvgIpc) is 1.98. The summed E-state index contributed by atoms with van der Waals surface area (Å²) in [7, 11) is 0. The molecule has 60 valence electrons. The first kappa shape index (κ1) is 10.0. The van der Waals surface area contributed by atoms with Gasteiger partial charge in [0.2, 0.25) is 0 Å². The van der Waals surface area contributed by atoms with Crippen LogP contribution in [0.1, 0.15) is 33.1 Å². The van der Waals surface area contributed by atoms with Crippen LogP contribution < -0.4 is 0 Å². The van der Waals surface area contributed by atoms with Gasteiger partial charge in [0.25, 0.3) is 0 Å². The molecule has 0 unspecified atom stereocenters. The molecule has 0 aliphatic rings. The Morgan fingerprint density at radius 1 is 1.50 bits per heavy atom. The van der Waals surface area contributed by atoms with Crippen LogP contribution in [0.2, 0.25) is 0 Å². The van der Waals surface area contributed by atoms with Crippen LogP contribution in [0.4, 0.5) is 0 Å². The third-order valence-electron chi connectivity index (χ3n) is 1.16. The first-order valence-corrected chi connectivity index (χ1v) is 4.56. The van der Waals surface area contributed by atoms with Crippen LogP contribution in [0.15, 0.2) is 10.7 Å². The largest absolute Gasteiger partial charge is 0.500 e. The maximum Gasteiger partial charge on any atom is 0.0929 e. The Morgan fingerprint density at radius 3 is 2.70 bits per heavy atom. The number of hydrogen-bond acceptors (Lipinski definition) is 1. The molecule has 10 heavy (non-hydrogen) atoms. The fourth-order valence-corrected chi connectivity index (χ4v) is 0.593. The lowest BCUT2D eigenvalue weighted by atomic mass is 10.4. The van der Waals surface area contributed by atoms with Crippen molar-refractivity contribution in [2.75, 3.05) is 6.61 Å². The monoisotopic (exact) mass is 206 g/mol. The Morgan fingerprint density at radius 2 is 2.20 bits per heavy atom. The molecule has 0 aromatic heterocycles. The molecule has 0 N–H and O–H groups in total. The Bertz CT molecular complexity index is 99.4. The van der Waals surface area contributed by atoms with Gasteiger partial charge in [-0.05, 0) is 12.8 Å². The van der Waals surface area contributed by atoms with Gasteiger partial charge in [0.15, 0.2) is 0 Å². The van der Waals surface area contributed by atoms with E-state index < -0.39 is 0 Å². The van der Waals surface area contributed by atoms with E-state index in [1.165, 1.54) is 6.42 Å². The zero-order valence-corrected chi connectivity index (χ0v) is 8.28. The van der Waals surface area contributed by atoms with E-state index in [4.69, 9.17) is 4.74 Å². The van der Waals surface area contributed by atoms with Gasteiger partial charge in [0, 0.05) is 4.48 Å². The van der Waals surface area contributed by atoms with Gasteiger partial charge in [-0.15, -0.1) is 0 Å². The van der Waals surface area contributed by atoms with Gasteiger partial charge in [0.05, 0.1) is 12.9 Å². The van der Waals surface area contributed by atoms with Crippen LogP contribution >= 0.6 is 15.9 Å². The summed E-state index contributed by atoms with van der Waals surface area (Å²) in [5.41, 5.74) is 0. The van der Waals surface area contributed by atoms with Crippen molar-refractivity contribution in [3.8, 4) is 0 Å². The maximum atomic E-state index is 5.22. The van der Waals surface area contributed by atoms with Crippen molar-refractivity contribution < 1.29 is 4.74 Å². The Hall–Kier alpha value is 0.0200. The summed E-state index contributed by atoms with van der Waals surface area (Å²) in [6, 6.07) is 0. The zero-order valence-electron chi connectivity index (χ0n) is 6.69. The van der Waals surface area contributed by atoms with Gasteiger partial charge < -0.3 is 4.74 Å². The summed E-state index contributed by atoms with van der Waals surface area (Å²) in [4.78, 5) is 0. The summed E-state index contributed by atoms with van der Waals surface area (Å²) < 4.78 is 6.35. The van der Waals surface area contributed by atoms with Crippen molar-refractivity contribution in [2.24, 2.45) is 0 Å². The molecule has 0 radical (unpaired) electrons. The van der Waals surface area contributed by atoms with Crippen molar-refractivity contribution in [3.05, 3.63) is 10.7 Å². The van der Waals surface area contributed by atoms with Gasteiger partial charge in [-0.25, -0.2) is 0 Å². The highest BCUT2D eigenvalue weighted by Gasteiger charge is 1.85. The van der Waals surface area contributed by atoms with Crippen LogP contribution in [-0.4, -0.2) is 6.61 Å². The van der Waals surface area contributed by atoms with Crippen LogP contribution in [-0.2, 0) is 4.74 Å². The predicted molar refractivity (Wildman–Crippen MR) is 48.2 cm³/mol. The van der Waals surface area contributed by atoms with Gasteiger partial charge >= 0.3 is 0 Å². The lowest BCUT2D eigenvalue weighted by molar-refractivity contribution is 0.242. The lowest BCUT2D eigenvalue weighted by Gasteiger charge is -1.98. The Kier molecular flexibility index (Phi) is 7.15. The van der Waals surface area contributed by atoms with Gasteiger partial charge in [-0.1, -0.05) is 36.2 Å². The Balaban J connectivity index is 3.16. The SMILES string of the molecule is CCCCO/C=C(\Br)CC. The smallest absolute Gasteiger partial charge is 0.0929 e. The number of unbranched alkanes of at least 4 members (excludes halogenated alkanes) is 1. The second kappa shape index (κ2) is 7.13. The minimum Gasteiger partial charge on any atom is -0.500 e. The van der Waals surface area contributed by atoms with E-state index in [1.807, 2.05) is 0 Å². The van der Waals surface area contributed by atoms with E-state index in [2.05, 4.69) is 29.8 Å². The molecule has 0 amide bonds. The van der Waals surface area contributed by atoms with Crippen LogP contribution in [0.25, 0.3) is 0 Å². The molecule has 0 spiro atoms. The summed E-state index contributed by atoms with van der Waals surface area (Å²) in [6.45, 7) is 5.08. The van der Waals surface area contributed by atoms with E-state index >= 15 is 0 Å². The fourth-order valence-electron chi connectivity index (χ4n) is 0.460. The molecular formula is C8H15BrO. The molecule has 0 aromatic rings. The molecule has 0 aromatic carbocycles. The number of rotatable bonds is 5. The first-order valence-electron chi connectivity index (χ1n) is 3.77. The van der Waals surface area contributed by atoms with Crippen LogP contribution in [0.5, 0.6) is 0 Å². The first-order chi connectivity index (χ1) is 4.81. The Labute approximate surface area is 71.6 Å². The van der Waals surface area contributed by atoms with Crippen LogP contribution in [0.3, 0.4) is 0 Å². The van der Waals surface area contributed by atoms with Crippen molar-refractivity contribution >= 4 is 15.9 Å². The molecule has 0 fully saturated rings. The average molecular weight is 207 g/mol. The molecule has 1 nitrogen and oxygen atoms in total. The minimum absolute atomic E-state index is 0.839. The highest BCUT2D eigenvalue weighted by atomic mass is 79.9. The summed E-state index contributed by atoms with van der Waals surface area (Å²) >= 11 is 3.37. The lowest BCUT2D eigenvalue weighted by Crippen LogP contribution is -1.85. The molecule has 0 aliphatic carbocycles. The maximum absolute atomic E-state index is 5.22. The van der Waals surface area contributed by atoms with Crippen molar-refractivity contribution in [2.45, 2.75) is 33.1 Å². The molecule has 0 heterocycles. The van der Waals surface area contributed by atoms with Gasteiger partial charge in [0.1, 0.15) is 0 Å². The van der Waals surface area contributed by atoms with Crippen molar-refractivity contribution in [1.82, 2.24) is 0 Å². The van der Waals surface area contributed by atoms with E-state index in [1.54, 1.807) is 6.26 Å². The number of ether oxygens (including phenoxy) is 1.